The average Bonchev–Trinajstić information content (AvgIpc) is 1.95. The number of rotatable bonds is 6. The van der Waals surface area contributed by atoms with Gasteiger partial charge in [-0.2, -0.15) is 8.78 Å². The van der Waals surface area contributed by atoms with Gasteiger partial charge in [0.2, 0.25) is 0 Å². The molecule has 0 atom stereocenters. The fourth-order valence-electron chi connectivity index (χ4n) is 1.73. The summed E-state index contributed by atoms with van der Waals surface area (Å²) in [5.74, 6) is 1.53. The van der Waals surface area contributed by atoms with E-state index in [2.05, 4.69) is 32.4 Å². The number of hydrogen-bond acceptors (Lipinski definition) is 1. The highest BCUT2D eigenvalue weighted by Crippen LogP contribution is 2.24. The van der Waals surface area contributed by atoms with E-state index in [4.69, 9.17) is 0 Å². The Morgan fingerprint density at radius 2 is 1.46 bits per heavy atom. The van der Waals surface area contributed by atoms with Crippen molar-refractivity contribution in [3.05, 3.63) is 0 Å². The summed E-state index contributed by atoms with van der Waals surface area (Å²) in [5, 5.41) is 0. The summed E-state index contributed by atoms with van der Waals surface area (Å²) in [4.78, 5) is 0. The SMILES string of the molecule is CC(C)C(CCOC(F)F)C(C)C. The smallest absolute Gasteiger partial charge is 0.323 e. The van der Waals surface area contributed by atoms with Gasteiger partial charge in [-0.05, 0) is 24.2 Å². The third-order valence-corrected chi connectivity index (χ3v) is 2.41. The maximum Gasteiger partial charge on any atom is 0.345 e. The molecule has 0 amide bonds. The molecule has 3 heteroatoms. The van der Waals surface area contributed by atoms with E-state index in [0.717, 1.165) is 6.42 Å². The van der Waals surface area contributed by atoms with Gasteiger partial charge in [0.1, 0.15) is 0 Å². The minimum absolute atomic E-state index is 0.165. The second-order valence-corrected chi connectivity index (χ2v) is 4.07. The molecule has 0 unspecified atom stereocenters. The van der Waals surface area contributed by atoms with E-state index >= 15 is 0 Å². The van der Waals surface area contributed by atoms with Crippen LogP contribution >= 0.6 is 0 Å². The van der Waals surface area contributed by atoms with Crippen LogP contribution in [0.15, 0.2) is 0 Å². The van der Waals surface area contributed by atoms with Crippen molar-refractivity contribution in [1.29, 1.82) is 0 Å². The van der Waals surface area contributed by atoms with Gasteiger partial charge < -0.3 is 4.74 Å². The zero-order chi connectivity index (χ0) is 10.4. The number of hydrogen-bond donors (Lipinski definition) is 0. The Balaban J connectivity index is 3.70. The van der Waals surface area contributed by atoms with Crippen LogP contribution in [0.1, 0.15) is 34.1 Å². The Morgan fingerprint density at radius 3 is 1.77 bits per heavy atom. The van der Waals surface area contributed by atoms with Gasteiger partial charge >= 0.3 is 6.61 Å². The molecule has 0 bridgehead atoms. The summed E-state index contributed by atoms with van der Waals surface area (Å²) in [6.07, 6.45) is 0.722. The van der Waals surface area contributed by atoms with E-state index in [-0.39, 0.29) is 6.61 Å². The van der Waals surface area contributed by atoms with Crippen LogP contribution in [0, 0.1) is 17.8 Å². The summed E-state index contributed by atoms with van der Waals surface area (Å²) < 4.78 is 27.6. The molecule has 0 aliphatic carbocycles. The van der Waals surface area contributed by atoms with Crippen LogP contribution < -0.4 is 0 Å². The van der Waals surface area contributed by atoms with Crippen molar-refractivity contribution in [2.45, 2.75) is 40.7 Å². The van der Waals surface area contributed by atoms with E-state index in [9.17, 15) is 8.78 Å². The molecule has 0 aliphatic rings. The van der Waals surface area contributed by atoms with Gasteiger partial charge in [0.05, 0.1) is 6.61 Å². The Labute approximate surface area is 79.5 Å². The van der Waals surface area contributed by atoms with E-state index in [1.165, 1.54) is 0 Å². The Morgan fingerprint density at radius 1 is 1.00 bits per heavy atom. The van der Waals surface area contributed by atoms with Crippen molar-refractivity contribution in [3.63, 3.8) is 0 Å². The number of halogens is 2. The summed E-state index contributed by atoms with van der Waals surface area (Å²) in [7, 11) is 0. The monoisotopic (exact) mass is 194 g/mol. The molecule has 0 aliphatic heterocycles. The Hall–Kier alpha value is -0.180. The lowest BCUT2D eigenvalue weighted by atomic mass is 9.83. The standard InChI is InChI=1S/C10H20F2O/c1-7(2)9(8(3)4)5-6-13-10(11)12/h7-10H,5-6H2,1-4H3. The van der Waals surface area contributed by atoms with Gasteiger partial charge in [-0.25, -0.2) is 0 Å². The summed E-state index contributed by atoms with van der Waals surface area (Å²) in [6, 6.07) is 0. The molecule has 0 rings (SSSR count). The fraction of sp³-hybridized carbons (Fsp3) is 1.00. The molecular formula is C10H20F2O. The normalized spacial score (nSPS) is 12.5. The fourth-order valence-corrected chi connectivity index (χ4v) is 1.73. The zero-order valence-corrected chi connectivity index (χ0v) is 8.89. The number of alkyl halides is 2. The van der Waals surface area contributed by atoms with Crippen LogP contribution in [0.5, 0.6) is 0 Å². The van der Waals surface area contributed by atoms with Crippen LogP contribution in [0.4, 0.5) is 8.78 Å². The lowest BCUT2D eigenvalue weighted by Gasteiger charge is -2.24. The third kappa shape index (κ3) is 5.97. The number of ether oxygens (including phenoxy) is 1. The van der Waals surface area contributed by atoms with Crippen molar-refractivity contribution < 1.29 is 13.5 Å². The Bertz CT molecular complexity index is 116. The molecule has 0 spiro atoms. The molecule has 0 saturated heterocycles. The molecule has 0 radical (unpaired) electrons. The van der Waals surface area contributed by atoms with Crippen molar-refractivity contribution >= 4 is 0 Å². The van der Waals surface area contributed by atoms with Crippen LogP contribution in [0.2, 0.25) is 0 Å². The van der Waals surface area contributed by atoms with E-state index in [1.807, 2.05) is 0 Å². The van der Waals surface area contributed by atoms with Gasteiger partial charge in [0.25, 0.3) is 0 Å². The topological polar surface area (TPSA) is 9.23 Å². The quantitative estimate of drug-likeness (QED) is 0.628. The van der Waals surface area contributed by atoms with Gasteiger partial charge in [-0.1, -0.05) is 27.7 Å². The largest absolute Gasteiger partial charge is 0.345 e. The van der Waals surface area contributed by atoms with Gasteiger partial charge in [-0.3, -0.25) is 0 Å². The molecule has 0 N–H and O–H groups in total. The minimum atomic E-state index is -2.63. The first-order valence-electron chi connectivity index (χ1n) is 4.85. The predicted octanol–water partition coefficient (Wildman–Crippen LogP) is 3.54. The molecule has 13 heavy (non-hydrogen) atoms. The molecule has 0 aromatic carbocycles. The Kier molecular flexibility index (Phi) is 6.21. The second kappa shape index (κ2) is 6.30. The first-order valence-corrected chi connectivity index (χ1v) is 4.85. The molecule has 1 nitrogen and oxygen atoms in total. The maximum atomic E-state index is 11.7. The summed E-state index contributed by atoms with van der Waals surface area (Å²) in [6.45, 7) is 6.01. The van der Waals surface area contributed by atoms with Crippen LogP contribution in [0.25, 0.3) is 0 Å². The third-order valence-electron chi connectivity index (χ3n) is 2.41. The molecule has 0 aromatic rings. The lowest BCUT2D eigenvalue weighted by Crippen LogP contribution is -2.18. The van der Waals surface area contributed by atoms with Gasteiger partial charge in [0, 0.05) is 0 Å². The molecule has 0 saturated carbocycles. The van der Waals surface area contributed by atoms with Gasteiger partial charge in [0.15, 0.2) is 0 Å². The molecule has 0 fully saturated rings. The molecule has 0 aromatic heterocycles. The predicted molar refractivity (Wildman–Crippen MR) is 49.7 cm³/mol. The van der Waals surface area contributed by atoms with Crippen molar-refractivity contribution in [1.82, 2.24) is 0 Å². The van der Waals surface area contributed by atoms with E-state index in [0.29, 0.717) is 17.8 Å². The zero-order valence-electron chi connectivity index (χ0n) is 8.89. The maximum absolute atomic E-state index is 11.7. The van der Waals surface area contributed by atoms with Crippen LogP contribution in [-0.2, 0) is 4.74 Å². The van der Waals surface area contributed by atoms with Gasteiger partial charge in [-0.15, -0.1) is 0 Å². The van der Waals surface area contributed by atoms with Crippen molar-refractivity contribution in [2.75, 3.05) is 6.61 Å². The highest BCUT2D eigenvalue weighted by Gasteiger charge is 2.17. The highest BCUT2D eigenvalue weighted by atomic mass is 19.3. The van der Waals surface area contributed by atoms with Crippen molar-refractivity contribution in [3.8, 4) is 0 Å². The summed E-state index contributed by atoms with van der Waals surface area (Å²) in [5.41, 5.74) is 0. The first-order chi connectivity index (χ1) is 5.95. The lowest BCUT2D eigenvalue weighted by molar-refractivity contribution is -0.132. The highest BCUT2D eigenvalue weighted by molar-refractivity contribution is 4.66. The molecule has 80 valence electrons. The second-order valence-electron chi connectivity index (χ2n) is 4.07. The molecular weight excluding hydrogens is 174 g/mol. The van der Waals surface area contributed by atoms with Crippen molar-refractivity contribution in [2.24, 2.45) is 17.8 Å². The average molecular weight is 194 g/mol. The summed E-state index contributed by atoms with van der Waals surface area (Å²) >= 11 is 0. The van der Waals surface area contributed by atoms with E-state index < -0.39 is 6.61 Å². The van der Waals surface area contributed by atoms with Crippen LogP contribution in [-0.4, -0.2) is 13.2 Å². The van der Waals surface area contributed by atoms with E-state index in [1.54, 1.807) is 0 Å². The minimum Gasteiger partial charge on any atom is -0.323 e. The molecule has 0 heterocycles. The first kappa shape index (κ1) is 12.8. The van der Waals surface area contributed by atoms with Crippen LogP contribution in [0.3, 0.4) is 0 Å².